The van der Waals surface area contributed by atoms with Crippen molar-refractivity contribution in [3.63, 3.8) is 0 Å². The van der Waals surface area contributed by atoms with Crippen molar-refractivity contribution in [2.45, 2.75) is 37.2 Å². The fourth-order valence-corrected chi connectivity index (χ4v) is 5.26. The molecule has 1 aliphatic heterocycles. The molecule has 2 aliphatic rings. The molecule has 1 fully saturated rings. The van der Waals surface area contributed by atoms with Crippen LogP contribution in [0.2, 0.25) is 0 Å². The first-order chi connectivity index (χ1) is 11.2. The van der Waals surface area contributed by atoms with E-state index >= 15 is 0 Å². The first-order valence-electron chi connectivity index (χ1n) is 8.35. The van der Waals surface area contributed by atoms with Crippen molar-refractivity contribution >= 4 is 22.5 Å². The van der Waals surface area contributed by atoms with Crippen LogP contribution in [0, 0.1) is 0 Å². The second-order valence-corrected chi connectivity index (χ2v) is 7.78. The first-order valence-corrected chi connectivity index (χ1v) is 9.34. The van der Waals surface area contributed by atoms with E-state index in [0.717, 1.165) is 48.1 Å². The van der Waals surface area contributed by atoms with Crippen molar-refractivity contribution in [2.24, 2.45) is 0 Å². The standard InChI is InChI=1S/C20H22O2S/c1-14-16(10-5-11-20(14)22-12-13-23-20)19(21)18-9-4-7-15-6-2-3-8-17(15)18/h2-4,6-9,19,21H,5,10-13H2,1H3/t19-,20+/m0/s1. The van der Waals surface area contributed by atoms with E-state index < -0.39 is 6.10 Å². The van der Waals surface area contributed by atoms with Gasteiger partial charge in [0.1, 0.15) is 11.0 Å². The molecular weight excluding hydrogens is 304 g/mol. The average molecular weight is 326 g/mol. The van der Waals surface area contributed by atoms with Gasteiger partial charge in [0.2, 0.25) is 0 Å². The SMILES string of the molecule is CC1=C([C@H](O)c2cccc3ccccc23)CCC[C@]12OCCS2. The monoisotopic (exact) mass is 326 g/mol. The van der Waals surface area contributed by atoms with Crippen molar-refractivity contribution in [3.8, 4) is 0 Å². The largest absolute Gasteiger partial charge is 0.384 e. The highest BCUT2D eigenvalue weighted by Gasteiger charge is 2.42. The van der Waals surface area contributed by atoms with Gasteiger partial charge < -0.3 is 9.84 Å². The van der Waals surface area contributed by atoms with E-state index in [2.05, 4.69) is 31.2 Å². The van der Waals surface area contributed by atoms with E-state index in [1.54, 1.807) is 0 Å². The number of hydrogen-bond donors (Lipinski definition) is 1. The van der Waals surface area contributed by atoms with Crippen molar-refractivity contribution in [1.82, 2.24) is 0 Å². The number of fused-ring (bicyclic) bond motifs is 1. The fourth-order valence-electron chi connectivity index (χ4n) is 3.97. The maximum atomic E-state index is 11.1. The van der Waals surface area contributed by atoms with Crippen LogP contribution in [0.25, 0.3) is 10.8 Å². The summed E-state index contributed by atoms with van der Waals surface area (Å²) < 4.78 is 6.09. The topological polar surface area (TPSA) is 29.5 Å². The number of aliphatic hydroxyl groups excluding tert-OH is 1. The van der Waals surface area contributed by atoms with Gasteiger partial charge in [0, 0.05) is 5.75 Å². The Balaban J connectivity index is 1.80. The van der Waals surface area contributed by atoms with Gasteiger partial charge in [-0.25, -0.2) is 0 Å². The third-order valence-corrected chi connectivity index (χ3v) is 6.67. The van der Waals surface area contributed by atoms with Gasteiger partial charge in [-0.3, -0.25) is 0 Å². The molecule has 1 saturated heterocycles. The van der Waals surface area contributed by atoms with Crippen LogP contribution in [0.1, 0.15) is 37.9 Å². The molecular formula is C20H22O2S. The average Bonchev–Trinajstić information content (AvgIpc) is 3.06. The maximum absolute atomic E-state index is 11.1. The zero-order valence-corrected chi connectivity index (χ0v) is 14.2. The molecule has 4 rings (SSSR count). The van der Waals surface area contributed by atoms with E-state index in [4.69, 9.17) is 4.74 Å². The molecule has 2 aromatic rings. The van der Waals surface area contributed by atoms with Gasteiger partial charge in [0.25, 0.3) is 0 Å². The Morgan fingerprint density at radius 2 is 2.00 bits per heavy atom. The molecule has 0 saturated carbocycles. The summed E-state index contributed by atoms with van der Waals surface area (Å²) in [6.07, 6.45) is 2.57. The highest BCUT2D eigenvalue weighted by atomic mass is 32.2. The van der Waals surface area contributed by atoms with Gasteiger partial charge in [-0.05, 0) is 53.7 Å². The summed E-state index contributed by atoms with van der Waals surface area (Å²) in [5, 5.41) is 13.5. The number of ether oxygens (including phenoxy) is 1. The van der Waals surface area contributed by atoms with Crippen molar-refractivity contribution in [3.05, 3.63) is 59.2 Å². The first kappa shape index (κ1) is 15.3. The summed E-state index contributed by atoms with van der Waals surface area (Å²) >= 11 is 1.90. The Morgan fingerprint density at radius 1 is 1.17 bits per heavy atom. The predicted molar refractivity (Wildman–Crippen MR) is 96.6 cm³/mol. The molecule has 1 aliphatic carbocycles. The molecule has 2 nitrogen and oxygen atoms in total. The summed E-state index contributed by atoms with van der Waals surface area (Å²) in [5.74, 6) is 1.05. The Hall–Kier alpha value is -1.29. The molecule has 120 valence electrons. The molecule has 0 amide bonds. The Bertz CT molecular complexity index is 754. The van der Waals surface area contributed by atoms with Crippen LogP contribution in [0.15, 0.2) is 53.6 Å². The lowest BCUT2D eigenvalue weighted by molar-refractivity contribution is 0.0615. The highest BCUT2D eigenvalue weighted by Crippen LogP contribution is 2.50. The van der Waals surface area contributed by atoms with Gasteiger partial charge in [-0.2, -0.15) is 0 Å². The van der Waals surface area contributed by atoms with E-state index in [0.29, 0.717) is 0 Å². The molecule has 3 heteroatoms. The number of rotatable bonds is 2. The summed E-state index contributed by atoms with van der Waals surface area (Å²) in [7, 11) is 0. The lowest BCUT2D eigenvalue weighted by atomic mass is 9.83. The predicted octanol–water partition coefficient (Wildman–Crippen LogP) is 4.83. The molecule has 0 bridgehead atoms. The van der Waals surface area contributed by atoms with Gasteiger partial charge in [0.15, 0.2) is 0 Å². The maximum Gasteiger partial charge on any atom is 0.135 e. The third kappa shape index (κ3) is 2.51. The zero-order valence-electron chi connectivity index (χ0n) is 13.4. The summed E-state index contributed by atoms with van der Waals surface area (Å²) in [5.41, 5.74) is 3.41. The number of aliphatic hydroxyl groups is 1. The van der Waals surface area contributed by atoms with Gasteiger partial charge in [-0.15, -0.1) is 11.8 Å². The van der Waals surface area contributed by atoms with E-state index in [1.807, 2.05) is 30.0 Å². The minimum absolute atomic E-state index is 0.181. The lowest BCUT2D eigenvalue weighted by Gasteiger charge is -2.36. The number of thioether (sulfide) groups is 1. The Labute approximate surface area is 141 Å². The van der Waals surface area contributed by atoms with Crippen LogP contribution in [-0.4, -0.2) is 22.4 Å². The minimum Gasteiger partial charge on any atom is -0.384 e. The van der Waals surface area contributed by atoms with Crippen LogP contribution in [-0.2, 0) is 4.74 Å². The van der Waals surface area contributed by atoms with Crippen molar-refractivity contribution in [1.29, 1.82) is 0 Å². The molecule has 23 heavy (non-hydrogen) atoms. The summed E-state index contributed by atoms with van der Waals surface area (Å²) in [6.45, 7) is 2.97. The molecule has 2 atom stereocenters. The lowest BCUT2D eigenvalue weighted by Crippen LogP contribution is -2.31. The molecule has 0 unspecified atom stereocenters. The normalized spacial score (nSPS) is 26.2. The van der Waals surface area contributed by atoms with Gasteiger partial charge in [-0.1, -0.05) is 42.5 Å². The fraction of sp³-hybridized carbons (Fsp3) is 0.400. The van der Waals surface area contributed by atoms with E-state index in [-0.39, 0.29) is 4.93 Å². The van der Waals surface area contributed by atoms with Crippen LogP contribution >= 0.6 is 11.8 Å². The smallest absolute Gasteiger partial charge is 0.135 e. The van der Waals surface area contributed by atoms with Crippen LogP contribution in [0.3, 0.4) is 0 Å². The zero-order chi connectivity index (χ0) is 15.9. The molecule has 2 aromatic carbocycles. The van der Waals surface area contributed by atoms with Gasteiger partial charge >= 0.3 is 0 Å². The Kier molecular flexibility index (Phi) is 3.96. The molecule has 0 radical (unpaired) electrons. The summed E-state index contributed by atoms with van der Waals surface area (Å²) in [6, 6.07) is 14.5. The Morgan fingerprint density at radius 3 is 2.83 bits per heavy atom. The van der Waals surface area contributed by atoms with Crippen LogP contribution in [0.5, 0.6) is 0 Å². The van der Waals surface area contributed by atoms with Gasteiger partial charge in [0.05, 0.1) is 6.61 Å². The molecule has 1 spiro atoms. The highest BCUT2D eigenvalue weighted by molar-refractivity contribution is 8.00. The molecule has 1 N–H and O–H groups in total. The quantitative estimate of drug-likeness (QED) is 0.801. The van der Waals surface area contributed by atoms with Crippen LogP contribution < -0.4 is 0 Å². The second kappa shape index (κ2) is 5.97. The molecule has 0 aromatic heterocycles. The van der Waals surface area contributed by atoms with Crippen molar-refractivity contribution < 1.29 is 9.84 Å². The number of hydrogen-bond acceptors (Lipinski definition) is 3. The summed E-state index contributed by atoms with van der Waals surface area (Å²) in [4.78, 5) is -0.181. The third-order valence-electron chi connectivity index (χ3n) is 5.21. The van der Waals surface area contributed by atoms with Crippen molar-refractivity contribution in [2.75, 3.05) is 12.4 Å². The van der Waals surface area contributed by atoms with E-state index in [9.17, 15) is 5.11 Å². The minimum atomic E-state index is -0.539. The number of benzene rings is 2. The van der Waals surface area contributed by atoms with E-state index in [1.165, 1.54) is 11.0 Å². The second-order valence-electron chi connectivity index (χ2n) is 6.42. The van der Waals surface area contributed by atoms with Crippen LogP contribution in [0.4, 0.5) is 0 Å². The molecule has 1 heterocycles.